The van der Waals surface area contributed by atoms with Crippen molar-refractivity contribution in [2.45, 2.75) is 13.0 Å². The Kier molecular flexibility index (Phi) is 6.16. The highest BCUT2D eigenvalue weighted by Gasteiger charge is 2.17. The molecule has 0 unspecified atom stereocenters. The second kappa shape index (κ2) is 8.12. The number of nitrogen functional groups attached to an aromatic ring is 1. The second-order valence-corrected chi connectivity index (χ2v) is 6.09. The summed E-state index contributed by atoms with van der Waals surface area (Å²) < 4.78 is 5.72. The van der Waals surface area contributed by atoms with Crippen LogP contribution in [0.4, 0.5) is 11.9 Å². The van der Waals surface area contributed by atoms with Gasteiger partial charge in [0, 0.05) is 20.6 Å². The van der Waals surface area contributed by atoms with Gasteiger partial charge in [0.25, 0.3) is 0 Å². The zero-order valence-corrected chi connectivity index (χ0v) is 15.2. The molecule has 0 amide bonds. The summed E-state index contributed by atoms with van der Waals surface area (Å²) in [6.07, 6.45) is 0. The van der Waals surface area contributed by atoms with E-state index >= 15 is 0 Å². The van der Waals surface area contributed by atoms with Crippen LogP contribution in [0.15, 0.2) is 24.3 Å². The summed E-state index contributed by atoms with van der Waals surface area (Å²) in [6.45, 7) is 3.21. The lowest BCUT2D eigenvalue weighted by Crippen LogP contribution is -2.29. The van der Waals surface area contributed by atoms with Gasteiger partial charge in [-0.05, 0) is 26.1 Å². The van der Waals surface area contributed by atoms with Crippen LogP contribution in [0, 0.1) is 0 Å². The fourth-order valence-corrected chi connectivity index (χ4v) is 2.23. The standard InChI is InChI=1S/C16H23ClN6O/c1-11(14-19-15(18)21-16(20-14)22(2)3)23(4)9-10-24-13-8-6-5-7-12(13)17/h5-8,11H,9-10H2,1-4H3,(H2,18,19,20,21)/t11-/m0/s1. The van der Waals surface area contributed by atoms with Crippen molar-refractivity contribution in [2.24, 2.45) is 0 Å². The lowest BCUT2D eigenvalue weighted by Gasteiger charge is -2.24. The molecule has 0 fully saturated rings. The summed E-state index contributed by atoms with van der Waals surface area (Å²) in [6, 6.07) is 7.39. The van der Waals surface area contributed by atoms with Crippen molar-refractivity contribution in [3.05, 3.63) is 35.1 Å². The molecule has 1 atom stereocenters. The van der Waals surface area contributed by atoms with Gasteiger partial charge in [-0.25, -0.2) is 0 Å². The van der Waals surface area contributed by atoms with E-state index in [1.54, 1.807) is 11.0 Å². The Labute approximate surface area is 147 Å². The zero-order valence-electron chi connectivity index (χ0n) is 14.4. The Bertz CT molecular complexity index is 681. The van der Waals surface area contributed by atoms with Gasteiger partial charge in [-0.1, -0.05) is 23.7 Å². The zero-order chi connectivity index (χ0) is 17.7. The molecule has 0 aliphatic carbocycles. The molecule has 7 nitrogen and oxygen atoms in total. The summed E-state index contributed by atoms with van der Waals surface area (Å²) in [5.74, 6) is 2.08. The minimum absolute atomic E-state index is 0.0242. The lowest BCUT2D eigenvalue weighted by molar-refractivity contribution is 0.196. The fourth-order valence-electron chi connectivity index (χ4n) is 2.04. The van der Waals surface area contributed by atoms with E-state index in [1.807, 2.05) is 46.3 Å². The minimum Gasteiger partial charge on any atom is -0.491 e. The molecule has 0 saturated heterocycles. The Morgan fingerprint density at radius 3 is 2.54 bits per heavy atom. The SMILES string of the molecule is C[C@@H](c1nc(N)nc(N(C)C)n1)N(C)CCOc1ccccc1Cl. The molecule has 0 aliphatic rings. The average molecular weight is 351 g/mol. The van der Waals surface area contributed by atoms with Gasteiger partial charge in [0.15, 0.2) is 5.82 Å². The minimum atomic E-state index is -0.0242. The van der Waals surface area contributed by atoms with Gasteiger partial charge >= 0.3 is 0 Å². The van der Waals surface area contributed by atoms with E-state index in [0.717, 1.165) is 0 Å². The Balaban J connectivity index is 1.97. The predicted molar refractivity (Wildman–Crippen MR) is 96.6 cm³/mol. The molecule has 24 heavy (non-hydrogen) atoms. The van der Waals surface area contributed by atoms with Crippen molar-refractivity contribution in [3.63, 3.8) is 0 Å². The van der Waals surface area contributed by atoms with Crippen LogP contribution in [-0.2, 0) is 0 Å². The summed E-state index contributed by atoms with van der Waals surface area (Å²) in [5.41, 5.74) is 5.78. The van der Waals surface area contributed by atoms with E-state index in [4.69, 9.17) is 22.1 Å². The van der Waals surface area contributed by atoms with Gasteiger partial charge in [0.1, 0.15) is 12.4 Å². The number of halogens is 1. The first-order valence-corrected chi connectivity index (χ1v) is 8.02. The predicted octanol–water partition coefficient (Wildman–Crippen LogP) is 2.25. The number of nitrogens with two attached hydrogens (primary N) is 1. The quantitative estimate of drug-likeness (QED) is 0.820. The summed E-state index contributed by atoms with van der Waals surface area (Å²) in [7, 11) is 5.71. The van der Waals surface area contributed by atoms with Crippen LogP contribution in [0.25, 0.3) is 0 Å². The number of ether oxygens (including phenoxy) is 1. The number of aromatic nitrogens is 3. The van der Waals surface area contributed by atoms with Crippen molar-refractivity contribution < 1.29 is 4.74 Å². The highest BCUT2D eigenvalue weighted by atomic mass is 35.5. The van der Waals surface area contributed by atoms with Gasteiger partial charge in [-0.15, -0.1) is 0 Å². The third kappa shape index (κ3) is 4.69. The number of hydrogen-bond acceptors (Lipinski definition) is 7. The number of rotatable bonds is 7. The average Bonchev–Trinajstić information content (AvgIpc) is 2.55. The molecule has 0 spiro atoms. The maximum atomic E-state index is 6.08. The largest absolute Gasteiger partial charge is 0.491 e. The monoisotopic (exact) mass is 350 g/mol. The number of nitrogens with zero attached hydrogens (tertiary/aromatic N) is 5. The molecule has 1 aromatic carbocycles. The van der Waals surface area contributed by atoms with Crippen LogP contribution >= 0.6 is 11.6 Å². The van der Waals surface area contributed by atoms with Gasteiger partial charge in [-0.2, -0.15) is 15.0 Å². The van der Waals surface area contributed by atoms with E-state index in [9.17, 15) is 0 Å². The van der Waals surface area contributed by atoms with Gasteiger partial charge in [-0.3, -0.25) is 4.90 Å². The molecule has 0 saturated carbocycles. The molecular formula is C16H23ClN6O. The van der Waals surface area contributed by atoms with Gasteiger partial charge in [0.2, 0.25) is 11.9 Å². The van der Waals surface area contributed by atoms with Crippen LogP contribution in [0.3, 0.4) is 0 Å². The molecule has 2 N–H and O–H groups in total. The molecule has 0 radical (unpaired) electrons. The van der Waals surface area contributed by atoms with E-state index in [-0.39, 0.29) is 12.0 Å². The van der Waals surface area contributed by atoms with E-state index in [0.29, 0.717) is 35.7 Å². The number of hydrogen-bond donors (Lipinski definition) is 1. The smallest absolute Gasteiger partial charge is 0.229 e. The van der Waals surface area contributed by atoms with Gasteiger partial charge < -0.3 is 15.4 Å². The van der Waals surface area contributed by atoms with Crippen LogP contribution in [0.2, 0.25) is 5.02 Å². The first-order valence-electron chi connectivity index (χ1n) is 7.65. The maximum Gasteiger partial charge on any atom is 0.229 e. The Morgan fingerprint density at radius 1 is 1.17 bits per heavy atom. The highest BCUT2D eigenvalue weighted by molar-refractivity contribution is 6.32. The Morgan fingerprint density at radius 2 is 1.88 bits per heavy atom. The normalized spacial score (nSPS) is 12.2. The molecule has 8 heteroatoms. The van der Waals surface area contributed by atoms with Gasteiger partial charge in [0.05, 0.1) is 11.1 Å². The van der Waals surface area contributed by atoms with Crippen LogP contribution < -0.4 is 15.4 Å². The van der Waals surface area contributed by atoms with E-state index < -0.39 is 0 Å². The summed E-state index contributed by atoms with van der Waals surface area (Å²) in [5, 5.41) is 0.606. The van der Waals surface area contributed by atoms with Crippen LogP contribution in [0.1, 0.15) is 18.8 Å². The Hall–Kier alpha value is -2.12. The van der Waals surface area contributed by atoms with Crippen molar-refractivity contribution >= 4 is 23.5 Å². The molecular weight excluding hydrogens is 328 g/mol. The second-order valence-electron chi connectivity index (χ2n) is 5.68. The number of likely N-dealkylation sites (N-methyl/N-ethyl adjacent to an activating group) is 1. The van der Waals surface area contributed by atoms with Crippen LogP contribution in [0.5, 0.6) is 5.75 Å². The van der Waals surface area contributed by atoms with E-state index in [1.165, 1.54) is 0 Å². The third-order valence-electron chi connectivity index (χ3n) is 3.63. The number of para-hydroxylation sites is 1. The maximum absolute atomic E-state index is 6.08. The molecule has 2 aromatic rings. The molecule has 1 heterocycles. The first-order chi connectivity index (χ1) is 11.4. The number of benzene rings is 1. The van der Waals surface area contributed by atoms with Crippen molar-refractivity contribution in [2.75, 3.05) is 44.9 Å². The summed E-state index contributed by atoms with van der Waals surface area (Å²) in [4.78, 5) is 16.7. The first kappa shape index (κ1) is 18.2. The molecule has 0 aliphatic heterocycles. The molecule has 0 bridgehead atoms. The number of anilines is 2. The molecule has 1 aromatic heterocycles. The van der Waals surface area contributed by atoms with Crippen molar-refractivity contribution in [1.82, 2.24) is 19.9 Å². The van der Waals surface area contributed by atoms with Crippen molar-refractivity contribution in [3.8, 4) is 5.75 Å². The van der Waals surface area contributed by atoms with E-state index in [2.05, 4.69) is 19.9 Å². The molecule has 2 rings (SSSR count). The molecule has 130 valence electrons. The third-order valence-corrected chi connectivity index (χ3v) is 3.94. The van der Waals surface area contributed by atoms with Crippen LogP contribution in [-0.4, -0.2) is 54.1 Å². The summed E-state index contributed by atoms with van der Waals surface area (Å²) >= 11 is 6.08. The fraction of sp³-hybridized carbons (Fsp3) is 0.438. The highest BCUT2D eigenvalue weighted by Crippen LogP contribution is 2.23. The van der Waals surface area contributed by atoms with Crippen molar-refractivity contribution in [1.29, 1.82) is 0 Å². The topological polar surface area (TPSA) is 80.4 Å². The lowest BCUT2D eigenvalue weighted by atomic mass is 10.3.